The number of rotatable bonds is 4. The summed E-state index contributed by atoms with van der Waals surface area (Å²) in [7, 11) is 0. The van der Waals surface area contributed by atoms with Crippen LogP contribution < -0.4 is 5.32 Å². The Morgan fingerprint density at radius 1 is 1.04 bits per heavy atom. The van der Waals surface area contributed by atoms with Crippen LogP contribution in [-0.2, 0) is 16.0 Å². The molecule has 0 bridgehead atoms. The maximum atomic E-state index is 15.1. The van der Waals surface area contributed by atoms with Crippen molar-refractivity contribution in [1.29, 1.82) is 0 Å². The summed E-state index contributed by atoms with van der Waals surface area (Å²) >= 11 is 0. The van der Waals surface area contributed by atoms with Gasteiger partial charge in [0.1, 0.15) is 0 Å². The van der Waals surface area contributed by atoms with Gasteiger partial charge in [0.05, 0.1) is 13.2 Å². The second-order valence-corrected chi connectivity index (χ2v) is 6.82. The van der Waals surface area contributed by atoms with Crippen LogP contribution in [0.1, 0.15) is 18.4 Å². The van der Waals surface area contributed by atoms with E-state index in [9.17, 15) is 9.59 Å². The zero-order valence-electron chi connectivity index (χ0n) is 15.0. The Bertz CT molecular complexity index is 612. The summed E-state index contributed by atoms with van der Waals surface area (Å²) in [6.45, 7) is 2.83. The first-order chi connectivity index (χ1) is 12.6. The van der Waals surface area contributed by atoms with E-state index in [-0.39, 0.29) is 32.0 Å². The Morgan fingerprint density at radius 2 is 1.69 bits per heavy atom. The minimum Gasteiger partial charge on any atom is -0.378 e. The van der Waals surface area contributed by atoms with E-state index >= 15 is 4.39 Å². The lowest BCUT2D eigenvalue weighted by Gasteiger charge is -2.39. The van der Waals surface area contributed by atoms with Crippen LogP contribution in [0, 0.1) is 0 Å². The molecular formula is C19H26FN3O3. The maximum absolute atomic E-state index is 15.1. The van der Waals surface area contributed by atoms with Gasteiger partial charge in [-0.15, -0.1) is 0 Å². The van der Waals surface area contributed by atoms with Gasteiger partial charge in [-0.2, -0.15) is 0 Å². The SMILES string of the molecule is O=C(NCCc1ccccc1)N1CCC(F)(C(=O)N2CCOCC2)CC1. The quantitative estimate of drug-likeness (QED) is 0.884. The highest BCUT2D eigenvalue weighted by molar-refractivity contribution is 5.86. The maximum Gasteiger partial charge on any atom is 0.317 e. The van der Waals surface area contributed by atoms with Gasteiger partial charge in [0.15, 0.2) is 5.67 Å². The van der Waals surface area contributed by atoms with Crippen molar-refractivity contribution < 1.29 is 18.7 Å². The smallest absolute Gasteiger partial charge is 0.317 e. The molecule has 2 heterocycles. The second-order valence-electron chi connectivity index (χ2n) is 6.82. The summed E-state index contributed by atoms with van der Waals surface area (Å²) in [6, 6.07) is 9.73. The van der Waals surface area contributed by atoms with Gasteiger partial charge >= 0.3 is 6.03 Å². The first-order valence-corrected chi connectivity index (χ1v) is 9.21. The molecule has 0 radical (unpaired) electrons. The summed E-state index contributed by atoms with van der Waals surface area (Å²) in [5, 5.41) is 2.87. The third kappa shape index (κ3) is 4.52. The lowest BCUT2D eigenvalue weighted by Crippen LogP contribution is -2.56. The van der Waals surface area contributed by atoms with Crippen LogP contribution in [0.3, 0.4) is 0 Å². The van der Waals surface area contributed by atoms with Crippen LogP contribution in [0.4, 0.5) is 9.18 Å². The minimum atomic E-state index is -1.86. The van der Waals surface area contributed by atoms with Crippen LogP contribution in [0.2, 0.25) is 0 Å². The van der Waals surface area contributed by atoms with E-state index < -0.39 is 11.6 Å². The van der Waals surface area contributed by atoms with Gasteiger partial charge in [-0.25, -0.2) is 9.18 Å². The van der Waals surface area contributed by atoms with E-state index in [0.29, 0.717) is 32.8 Å². The molecule has 3 amide bonds. The summed E-state index contributed by atoms with van der Waals surface area (Å²) in [6.07, 6.45) is 0.855. The van der Waals surface area contributed by atoms with Crippen molar-refractivity contribution in [2.45, 2.75) is 24.9 Å². The number of likely N-dealkylation sites (tertiary alicyclic amines) is 1. The predicted octanol–water partition coefficient (Wildman–Crippen LogP) is 1.60. The Kier molecular flexibility index (Phi) is 6.08. The van der Waals surface area contributed by atoms with Crippen molar-refractivity contribution in [1.82, 2.24) is 15.1 Å². The van der Waals surface area contributed by atoms with Crippen LogP contribution >= 0.6 is 0 Å². The summed E-state index contributed by atoms with van der Waals surface area (Å²) in [5.41, 5.74) is -0.705. The first-order valence-electron chi connectivity index (χ1n) is 9.21. The average molecular weight is 363 g/mol. The number of carbonyl (C=O) groups excluding carboxylic acids is 2. The fourth-order valence-electron chi connectivity index (χ4n) is 3.40. The van der Waals surface area contributed by atoms with Gasteiger partial charge in [0, 0.05) is 45.6 Å². The molecule has 0 unspecified atom stereocenters. The molecule has 1 aromatic carbocycles. The van der Waals surface area contributed by atoms with Gasteiger partial charge < -0.3 is 19.9 Å². The van der Waals surface area contributed by atoms with Gasteiger partial charge in [-0.05, 0) is 12.0 Å². The summed E-state index contributed by atoms with van der Waals surface area (Å²) in [4.78, 5) is 27.8. The predicted molar refractivity (Wildman–Crippen MR) is 95.6 cm³/mol. The normalized spacial score (nSPS) is 19.9. The first kappa shape index (κ1) is 18.6. The molecule has 0 aromatic heterocycles. The zero-order valence-corrected chi connectivity index (χ0v) is 15.0. The van der Waals surface area contributed by atoms with Crippen molar-refractivity contribution in [3.63, 3.8) is 0 Å². The van der Waals surface area contributed by atoms with Crippen molar-refractivity contribution in [3.05, 3.63) is 35.9 Å². The van der Waals surface area contributed by atoms with E-state index in [1.165, 1.54) is 0 Å². The Hall–Kier alpha value is -2.15. The van der Waals surface area contributed by atoms with Crippen molar-refractivity contribution in [2.75, 3.05) is 45.9 Å². The molecule has 1 N–H and O–H groups in total. The third-order valence-electron chi connectivity index (χ3n) is 5.06. The van der Waals surface area contributed by atoms with Gasteiger partial charge in [0.2, 0.25) is 0 Å². The molecule has 2 aliphatic heterocycles. The standard InChI is InChI=1S/C19H26FN3O3/c20-19(17(24)22-12-14-26-15-13-22)7-10-23(11-8-19)18(25)21-9-6-16-4-2-1-3-5-16/h1-5H,6-15H2,(H,21,25). The molecule has 0 spiro atoms. The Balaban J connectivity index is 1.43. The Morgan fingerprint density at radius 3 is 2.35 bits per heavy atom. The number of morpholine rings is 1. The van der Waals surface area contributed by atoms with Crippen LogP contribution in [0.15, 0.2) is 30.3 Å². The number of ether oxygens (including phenoxy) is 1. The molecule has 0 saturated carbocycles. The molecule has 26 heavy (non-hydrogen) atoms. The number of urea groups is 1. The average Bonchev–Trinajstić information content (AvgIpc) is 2.69. The monoisotopic (exact) mass is 363 g/mol. The summed E-state index contributed by atoms with van der Waals surface area (Å²) in [5.74, 6) is -0.454. The molecule has 7 heteroatoms. The fraction of sp³-hybridized carbons (Fsp3) is 0.579. The van der Waals surface area contributed by atoms with E-state index in [2.05, 4.69) is 5.32 Å². The lowest BCUT2D eigenvalue weighted by atomic mass is 9.91. The summed E-state index contributed by atoms with van der Waals surface area (Å²) < 4.78 is 20.3. The number of hydrogen-bond donors (Lipinski definition) is 1. The highest BCUT2D eigenvalue weighted by atomic mass is 19.1. The van der Waals surface area contributed by atoms with Crippen molar-refractivity contribution in [3.8, 4) is 0 Å². The number of halogens is 1. The molecular weight excluding hydrogens is 337 g/mol. The number of nitrogens with zero attached hydrogens (tertiary/aromatic N) is 2. The largest absolute Gasteiger partial charge is 0.378 e. The zero-order chi connectivity index (χ0) is 18.4. The van der Waals surface area contributed by atoms with Crippen LogP contribution in [-0.4, -0.2) is 73.3 Å². The lowest BCUT2D eigenvalue weighted by molar-refractivity contribution is -0.151. The minimum absolute atomic E-state index is 0.0509. The third-order valence-corrected chi connectivity index (χ3v) is 5.06. The van der Waals surface area contributed by atoms with E-state index in [4.69, 9.17) is 4.74 Å². The molecule has 6 nitrogen and oxygen atoms in total. The molecule has 0 aliphatic carbocycles. The van der Waals surface area contributed by atoms with E-state index in [1.807, 2.05) is 30.3 Å². The number of nitrogens with one attached hydrogen (secondary N) is 1. The van der Waals surface area contributed by atoms with Crippen molar-refractivity contribution in [2.24, 2.45) is 0 Å². The second kappa shape index (κ2) is 8.49. The highest BCUT2D eigenvalue weighted by Crippen LogP contribution is 2.29. The fourth-order valence-corrected chi connectivity index (χ4v) is 3.40. The van der Waals surface area contributed by atoms with Crippen LogP contribution in [0.5, 0.6) is 0 Å². The Labute approximate surface area is 153 Å². The van der Waals surface area contributed by atoms with Gasteiger partial charge in [-0.1, -0.05) is 30.3 Å². The molecule has 3 rings (SSSR count). The molecule has 0 atom stereocenters. The van der Waals surface area contributed by atoms with Crippen molar-refractivity contribution >= 4 is 11.9 Å². The topological polar surface area (TPSA) is 61.9 Å². The number of amides is 3. The molecule has 2 fully saturated rings. The molecule has 2 aliphatic rings. The van der Waals surface area contributed by atoms with Gasteiger partial charge in [-0.3, -0.25) is 4.79 Å². The number of piperidine rings is 1. The van der Waals surface area contributed by atoms with E-state index in [0.717, 1.165) is 12.0 Å². The molecule has 1 aromatic rings. The number of alkyl halides is 1. The van der Waals surface area contributed by atoms with Gasteiger partial charge in [0.25, 0.3) is 5.91 Å². The highest BCUT2D eigenvalue weighted by Gasteiger charge is 2.45. The molecule has 142 valence electrons. The van der Waals surface area contributed by atoms with E-state index in [1.54, 1.807) is 9.80 Å². The number of benzene rings is 1. The van der Waals surface area contributed by atoms with Crippen LogP contribution in [0.25, 0.3) is 0 Å². The number of carbonyl (C=O) groups is 2. The number of hydrogen-bond acceptors (Lipinski definition) is 3. The molecule has 2 saturated heterocycles.